The van der Waals surface area contributed by atoms with Gasteiger partial charge in [-0.2, -0.15) is 4.98 Å². The largest absolute Gasteiger partial charge is 0.436 e. The number of pyridine rings is 1. The lowest BCUT2D eigenvalue weighted by Gasteiger charge is -2.09. The first-order valence-corrected chi connectivity index (χ1v) is 6.67. The standard InChI is InChI=1S/C11H6BrCl2N3O3/c12-9-7(17(18)19)2-1-3-8(9)20-11-6(14)4-5(13)10(15)16-11/h1-4H,(H2,15,16). The lowest BCUT2D eigenvalue weighted by atomic mass is 10.3. The fraction of sp³-hybridized carbons (Fsp3) is 0. The van der Waals surface area contributed by atoms with Crippen molar-refractivity contribution in [3.05, 3.63) is 48.9 Å². The van der Waals surface area contributed by atoms with Gasteiger partial charge in [-0.3, -0.25) is 10.1 Å². The molecule has 0 aliphatic carbocycles. The van der Waals surface area contributed by atoms with Gasteiger partial charge < -0.3 is 10.5 Å². The lowest BCUT2D eigenvalue weighted by molar-refractivity contribution is -0.385. The van der Waals surface area contributed by atoms with Crippen LogP contribution in [0.25, 0.3) is 0 Å². The molecule has 0 saturated carbocycles. The molecule has 0 saturated heterocycles. The van der Waals surface area contributed by atoms with Crippen LogP contribution in [0, 0.1) is 10.1 Å². The molecule has 0 atom stereocenters. The van der Waals surface area contributed by atoms with Crippen LogP contribution < -0.4 is 10.5 Å². The summed E-state index contributed by atoms with van der Waals surface area (Å²) < 4.78 is 5.61. The van der Waals surface area contributed by atoms with Crippen molar-refractivity contribution < 1.29 is 9.66 Å². The number of nitrogen functional groups attached to an aromatic ring is 1. The van der Waals surface area contributed by atoms with Gasteiger partial charge in [0.1, 0.15) is 15.3 Å². The molecule has 0 aliphatic heterocycles. The molecule has 0 radical (unpaired) electrons. The van der Waals surface area contributed by atoms with Crippen molar-refractivity contribution in [2.45, 2.75) is 0 Å². The highest BCUT2D eigenvalue weighted by Gasteiger charge is 2.18. The molecule has 2 N–H and O–H groups in total. The highest BCUT2D eigenvalue weighted by atomic mass is 79.9. The second-order valence-electron chi connectivity index (χ2n) is 3.59. The molecule has 1 heterocycles. The van der Waals surface area contributed by atoms with Crippen LogP contribution in [-0.2, 0) is 0 Å². The summed E-state index contributed by atoms with van der Waals surface area (Å²) in [7, 11) is 0. The Balaban J connectivity index is 2.43. The van der Waals surface area contributed by atoms with Gasteiger partial charge >= 0.3 is 0 Å². The van der Waals surface area contributed by atoms with E-state index in [0.717, 1.165) is 0 Å². The SMILES string of the molecule is Nc1nc(Oc2cccc([N+](=O)[O-])c2Br)c(Cl)cc1Cl. The molecule has 2 aromatic rings. The van der Waals surface area contributed by atoms with Crippen LogP contribution in [-0.4, -0.2) is 9.91 Å². The predicted molar refractivity (Wildman–Crippen MR) is 79.5 cm³/mol. The Bertz CT molecular complexity index is 697. The predicted octanol–water partition coefficient (Wildman–Crippen LogP) is 4.43. The van der Waals surface area contributed by atoms with Gasteiger partial charge in [0.15, 0.2) is 5.75 Å². The Morgan fingerprint density at radius 2 is 2.05 bits per heavy atom. The average Bonchev–Trinajstić information content (AvgIpc) is 2.37. The van der Waals surface area contributed by atoms with Gasteiger partial charge in [0.2, 0.25) is 5.88 Å². The van der Waals surface area contributed by atoms with E-state index in [9.17, 15) is 10.1 Å². The van der Waals surface area contributed by atoms with E-state index in [2.05, 4.69) is 20.9 Å². The molecule has 6 nitrogen and oxygen atoms in total. The molecule has 0 bridgehead atoms. The van der Waals surface area contributed by atoms with Crippen molar-refractivity contribution in [3.63, 3.8) is 0 Å². The molecule has 104 valence electrons. The Hall–Kier alpha value is -1.57. The van der Waals surface area contributed by atoms with E-state index in [-0.39, 0.29) is 37.7 Å². The molecule has 0 fully saturated rings. The van der Waals surface area contributed by atoms with Crippen LogP contribution >= 0.6 is 39.1 Å². The average molecular weight is 379 g/mol. The van der Waals surface area contributed by atoms with Gasteiger partial charge in [-0.25, -0.2) is 0 Å². The molecule has 2 rings (SSSR count). The number of ether oxygens (including phenoxy) is 1. The monoisotopic (exact) mass is 377 g/mol. The highest BCUT2D eigenvalue weighted by Crippen LogP contribution is 2.38. The quantitative estimate of drug-likeness (QED) is 0.629. The summed E-state index contributed by atoms with van der Waals surface area (Å²) in [6.07, 6.45) is 0. The molecule has 0 amide bonds. The van der Waals surface area contributed by atoms with Crippen LogP contribution in [0.2, 0.25) is 10.0 Å². The Morgan fingerprint density at radius 1 is 1.35 bits per heavy atom. The van der Waals surface area contributed by atoms with Crippen molar-refractivity contribution in [2.24, 2.45) is 0 Å². The number of hydrogen-bond donors (Lipinski definition) is 1. The van der Waals surface area contributed by atoms with E-state index in [4.69, 9.17) is 33.7 Å². The minimum absolute atomic E-state index is 0.00904. The smallest absolute Gasteiger partial charge is 0.287 e. The van der Waals surface area contributed by atoms with E-state index < -0.39 is 4.92 Å². The fourth-order valence-electron chi connectivity index (χ4n) is 1.36. The Labute approximate surface area is 131 Å². The third-order valence-corrected chi connectivity index (χ3v) is 3.64. The summed E-state index contributed by atoms with van der Waals surface area (Å²) in [5.41, 5.74) is 5.42. The van der Waals surface area contributed by atoms with Crippen molar-refractivity contribution in [2.75, 3.05) is 5.73 Å². The molecule has 9 heteroatoms. The van der Waals surface area contributed by atoms with Gasteiger partial charge in [-0.05, 0) is 28.1 Å². The maximum Gasteiger partial charge on any atom is 0.287 e. The van der Waals surface area contributed by atoms with Crippen molar-refractivity contribution >= 4 is 50.6 Å². The molecule has 0 spiro atoms. The van der Waals surface area contributed by atoms with Crippen molar-refractivity contribution in [1.82, 2.24) is 4.98 Å². The second-order valence-corrected chi connectivity index (χ2v) is 5.20. The van der Waals surface area contributed by atoms with Gasteiger partial charge in [-0.1, -0.05) is 29.3 Å². The number of anilines is 1. The number of nitrogens with two attached hydrogens (primary N) is 1. The first-order valence-electron chi connectivity index (χ1n) is 5.12. The summed E-state index contributed by atoms with van der Waals surface area (Å²) in [5.74, 6) is 0.248. The summed E-state index contributed by atoms with van der Waals surface area (Å²) in [6.45, 7) is 0. The third-order valence-electron chi connectivity index (χ3n) is 2.27. The van der Waals surface area contributed by atoms with Gasteiger partial charge in [0.25, 0.3) is 5.69 Å². The maximum absolute atomic E-state index is 10.8. The van der Waals surface area contributed by atoms with E-state index in [1.165, 1.54) is 24.3 Å². The molecule has 0 unspecified atom stereocenters. The van der Waals surface area contributed by atoms with E-state index in [1.54, 1.807) is 0 Å². The topological polar surface area (TPSA) is 91.3 Å². The van der Waals surface area contributed by atoms with Crippen molar-refractivity contribution in [1.29, 1.82) is 0 Å². The number of nitro groups is 1. The first-order chi connectivity index (χ1) is 9.40. The highest BCUT2D eigenvalue weighted by molar-refractivity contribution is 9.10. The fourth-order valence-corrected chi connectivity index (χ4v) is 2.25. The Morgan fingerprint density at radius 3 is 2.70 bits per heavy atom. The number of aromatic nitrogens is 1. The number of halogens is 3. The molecule has 1 aromatic heterocycles. The first kappa shape index (κ1) is 14.8. The number of rotatable bonds is 3. The molecule has 1 aromatic carbocycles. The molecular weight excluding hydrogens is 373 g/mol. The minimum Gasteiger partial charge on any atom is -0.436 e. The number of hydrogen-bond acceptors (Lipinski definition) is 5. The molecular formula is C11H6BrCl2N3O3. The van der Waals surface area contributed by atoms with Crippen LogP contribution in [0.5, 0.6) is 11.6 Å². The van der Waals surface area contributed by atoms with Crippen LogP contribution in [0.3, 0.4) is 0 Å². The Kier molecular flexibility index (Phi) is 4.32. The summed E-state index contributed by atoms with van der Waals surface area (Å²) in [6, 6.07) is 5.72. The molecule has 0 aliphatic rings. The van der Waals surface area contributed by atoms with Crippen molar-refractivity contribution in [3.8, 4) is 11.6 Å². The van der Waals surface area contributed by atoms with Crippen LogP contribution in [0.15, 0.2) is 28.7 Å². The number of nitrogens with zero attached hydrogens (tertiary/aromatic N) is 2. The summed E-state index contributed by atoms with van der Waals surface area (Å²) >= 11 is 14.8. The number of nitro benzene ring substituents is 1. The summed E-state index contributed by atoms with van der Waals surface area (Å²) in [4.78, 5) is 14.2. The van der Waals surface area contributed by atoms with E-state index in [0.29, 0.717) is 0 Å². The third kappa shape index (κ3) is 2.95. The van der Waals surface area contributed by atoms with Crippen LogP contribution in [0.1, 0.15) is 0 Å². The zero-order valence-electron chi connectivity index (χ0n) is 9.64. The van der Waals surface area contributed by atoms with E-state index >= 15 is 0 Å². The van der Waals surface area contributed by atoms with Gasteiger partial charge in [-0.15, -0.1) is 0 Å². The minimum atomic E-state index is -0.539. The molecule has 20 heavy (non-hydrogen) atoms. The van der Waals surface area contributed by atoms with Crippen LogP contribution in [0.4, 0.5) is 11.5 Å². The second kappa shape index (κ2) is 5.82. The normalized spacial score (nSPS) is 10.3. The zero-order valence-corrected chi connectivity index (χ0v) is 12.7. The van der Waals surface area contributed by atoms with Gasteiger partial charge in [0, 0.05) is 6.07 Å². The summed E-state index contributed by atoms with van der Waals surface area (Å²) in [5, 5.41) is 11.2. The zero-order chi connectivity index (χ0) is 14.9. The van der Waals surface area contributed by atoms with E-state index in [1.807, 2.05) is 0 Å². The van der Waals surface area contributed by atoms with Gasteiger partial charge in [0.05, 0.1) is 9.95 Å². The lowest BCUT2D eigenvalue weighted by Crippen LogP contribution is -1.97. The maximum atomic E-state index is 10.8. The number of benzene rings is 1.